The minimum Gasteiger partial charge on any atom is -0.464 e. The molecule has 0 N–H and O–H groups in total. The maximum atomic E-state index is 13.6. The molecule has 7 heteroatoms. The average Bonchev–Trinajstić information content (AvgIpc) is 3.25. The third-order valence-corrected chi connectivity index (χ3v) is 5.52. The molecule has 31 heavy (non-hydrogen) atoms. The van der Waals surface area contributed by atoms with E-state index in [-0.39, 0.29) is 23.3 Å². The molecule has 0 aliphatic heterocycles. The fourth-order valence-corrected chi connectivity index (χ4v) is 3.89. The van der Waals surface area contributed by atoms with E-state index in [1.54, 1.807) is 10.8 Å². The number of methoxy groups -OCH3 is 1. The highest BCUT2D eigenvalue weighted by atomic mass is 16.5. The monoisotopic (exact) mass is 418 g/mol. The lowest BCUT2D eigenvalue weighted by Crippen LogP contribution is -2.31. The average molecular weight is 418 g/mol. The van der Waals surface area contributed by atoms with Crippen molar-refractivity contribution >= 4 is 11.9 Å². The van der Waals surface area contributed by atoms with Crippen LogP contribution in [-0.2, 0) is 4.74 Å². The van der Waals surface area contributed by atoms with Gasteiger partial charge in [-0.25, -0.2) is 9.48 Å². The van der Waals surface area contributed by atoms with Gasteiger partial charge in [-0.2, -0.15) is 5.10 Å². The molecule has 0 amide bonds. The highest BCUT2D eigenvalue weighted by Gasteiger charge is 2.22. The van der Waals surface area contributed by atoms with Crippen LogP contribution in [0.3, 0.4) is 0 Å². The number of carbonyl (C=O) groups is 2. The van der Waals surface area contributed by atoms with Gasteiger partial charge in [0.2, 0.25) is 0 Å². The molecular formula is C24H26N4O3. The molecule has 2 aromatic heterocycles. The van der Waals surface area contributed by atoms with Crippen LogP contribution in [-0.4, -0.2) is 39.4 Å². The van der Waals surface area contributed by atoms with Crippen molar-refractivity contribution in [3.05, 3.63) is 77.2 Å². The van der Waals surface area contributed by atoms with E-state index in [4.69, 9.17) is 9.73 Å². The van der Waals surface area contributed by atoms with Crippen molar-refractivity contribution in [2.75, 3.05) is 7.11 Å². The number of nitrogens with zero attached hydrogens (tertiary/aromatic N) is 4. The van der Waals surface area contributed by atoms with E-state index in [0.717, 1.165) is 31.2 Å². The molecule has 0 atom stereocenters. The second kappa shape index (κ2) is 9.12. The summed E-state index contributed by atoms with van der Waals surface area (Å²) in [6.07, 6.45) is 7.38. The van der Waals surface area contributed by atoms with E-state index >= 15 is 0 Å². The number of carbonyl (C=O) groups excluding carboxylic acids is 2. The molecule has 1 aliphatic carbocycles. The smallest absolute Gasteiger partial charge is 0.358 e. The molecule has 0 radical (unpaired) electrons. The number of pyridine rings is 1. The summed E-state index contributed by atoms with van der Waals surface area (Å²) in [7, 11) is 1.29. The highest BCUT2D eigenvalue weighted by molar-refractivity contribution is 5.97. The Morgan fingerprint density at radius 2 is 1.81 bits per heavy atom. The molecule has 1 fully saturated rings. The predicted molar refractivity (Wildman–Crippen MR) is 116 cm³/mol. The van der Waals surface area contributed by atoms with Crippen LogP contribution < -0.4 is 5.49 Å². The van der Waals surface area contributed by atoms with Gasteiger partial charge in [0.15, 0.2) is 5.69 Å². The molecule has 3 aromatic rings. The first-order chi connectivity index (χ1) is 15.1. The zero-order chi connectivity index (χ0) is 21.8. The number of benzene rings is 1. The normalized spacial score (nSPS) is 15.1. The molecule has 1 aliphatic rings. The van der Waals surface area contributed by atoms with Crippen LogP contribution in [0.2, 0.25) is 0 Å². The van der Waals surface area contributed by atoms with Gasteiger partial charge in [0, 0.05) is 12.3 Å². The molecule has 2 heterocycles. The van der Waals surface area contributed by atoms with Crippen LogP contribution in [0, 0.1) is 6.92 Å². The largest absolute Gasteiger partial charge is 0.464 e. The summed E-state index contributed by atoms with van der Waals surface area (Å²) in [5.74, 6) is -0.897. The van der Waals surface area contributed by atoms with Gasteiger partial charge in [0.25, 0.3) is 5.91 Å². The third-order valence-electron chi connectivity index (χ3n) is 5.52. The Kier molecular flexibility index (Phi) is 6.11. The van der Waals surface area contributed by atoms with Crippen molar-refractivity contribution in [3.8, 4) is 5.69 Å². The zero-order valence-electron chi connectivity index (χ0n) is 17.8. The molecule has 0 saturated heterocycles. The summed E-state index contributed by atoms with van der Waals surface area (Å²) in [4.78, 5) is 30.6. The minimum absolute atomic E-state index is 0.0770. The topological polar surface area (TPSA) is 78.5 Å². The Labute approximate surface area is 181 Å². The molecular weight excluding hydrogens is 392 g/mol. The van der Waals surface area contributed by atoms with Gasteiger partial charge >= 0.3 is 5.97 Å². The van der Waals surface area contributed by atoms with Crippen molar-refractivity contribution in [1.29, 1.82) is 0 Å². The number of rotatable bonds is 4. The fourth-order valence-electron chi connectivity index (χ4n) is 3.89. The number of hydrogen-bond donors (Lipinski definition) is 0. The number of hydrogen-bond acceptors (Lipinski definition) is 5. The number of para-hydroxylation sites is 1. The molecule has 0 unspecified atom stereocenters. The first kappa shape index (κ1) is 20.8. The quantitative estimate of drug-likeness (QED) is 0.606. The van der Waals surface area contributed by atoms with E-state index < -0.39 is 5.97 Å². The van der Waals surface area contributed by atoms with Crippen LogP contribution in [0.5, 0.6) is 0 Å². The molecule has 4 rings (SSSR count). The van der Waals surface area contributed by atoms with Crippen LogP contribution in [0.25, 0.3) is 5.69 Å². The molecule has 0 spiro atoms. The molecule has 0 bridgehead atoms. The first-order valence-corrected chi connectivity index (χ1v) is 10.6. The Morgan fingerprint density at radius 1 is 1.06 bits per heavy atom. The molecule has 1 saturated carbocycles. The lowest BCUT2D eigenvalue weighted by molar-refractivity contribution is 0.0593. The van der Waals surface area contributed by atoms with Gasteiger partial charge in [-0.05, 0) is 49.6 Å². The van der Waals surface area contributed by atoms with Gasteiger partial charge in [-0.1, -0.05) is 37.5 Å². The lowest BCUT2D eigenvalue weighted by atomic mass is 9.96. The Hall–Kier alpha value is -3.48. The first-order valence-electron chi connectivity index (χ1n) is 10.6. The SMILES string of the molecule is COC(=O)c1cc(C(=O)n2ccc(C)cc2=NC2CCCCC2)n(-c2ccccc2)n1. The molecule has 160 valence electrons. The maximum absolute atomic E-state index is 13.6. The van der Waals surface area contributed by atoms with E-state index in [2.05, 4.69) is 5.10 Å². The molecule has 7 nitrogen and oxygen atoms in total. The van der Waals surface area contributed by atoms with Crippen molar-refractivity contribution in [2.24, 2.45) is 4.99 Å². The van der Waals surface area contributed by atoms with Crippen LogP contribution >= 0.6 is 0 Å². The number of aryl methyl sites for hydroxylation is 1. The van der Waals surface area contributed by atoms with Crippen LogP contribution in [0.4, 0.5) is 0 Å². The number of esters is 1. The highest BCUT2D eigenvalue weighted by Crippen LogP contribution is 2.20. The lowest BCUT2D eigenvalue weighted by Gasteiger charge is -2.18. The van der Waals surface area contributed by atoms with E-state index in [1.807, 2.05) is 49.4 Å². The standard InChI is InChI=1S/C24H26N4O3/c1-17-13-14-27(22(15-17)25-18-9-5-3-6-10-18)23(29)21-16-20(24(30)31-2)26-28(21)19-11-7-4-8-12-19/h4,7-8,11-16,18H,3,5-6,9-10H2,1-2H3. The summed E-state index contributed by atoms with van der Waals surface area (Å²) in [5, 5.41) is 4.34. The van der Waals surface area contributed by atoms with Gasteiger partial charge in [-0.15, -0.1) is 0 Å². The van der Waals surface area contributed by atoms with Gasteiger partial charge < -0.3 is 4.74 Å². The number of ether oxygens (including phenoxy) is 1. The maximum Gasteiger partial charge on any atom is 0.358 e. The second-order valence-electron chi connectivity index (χ2n) is 7.81. The van der Waals surface area contributed by atoms with Gasteiger partial charge in [0.05, 0.1) is 18.8 Å². The van der Waals surface area contributed by atoms with Gasteiger partial charge in [-0.3, -0.25) is 14.4 Å². The van der Waals surface area contributed by atoms with Crippen molar-refractivity contribution in [2.45, 2.75) is 45.1 Å². The predicted octanol–water partition coefficient (Wildman–Crippen LogP) is 3.69. The summed E-state index contributed by atoms with van der Waals surface area (Å²) in [6.45, 7) is 1.98. The second-order valence-corrected chi connectivity index (χ2v) is 7.81. The summed E-state index contributed by atoms with van der Waals surface area (Å²) in [5.41, 5.74) is 2.68. The Balaban J connectivity index is 1.82. The molecule has 1 aromatic carbocycles. The zero-order valence-corrected chi connectivity index (χ0v) is 17.8. The van der Waals surface area contributed by atoms with E-state index in [9.17, 15) is 9.59 Å². The summed E-state index contributed by atoms with van der Waals surface area (Å²) in [6, 6.07) is 14.7. The van der Waals surface area contributed by atoms with Crippen LogP contribution in [0.15, 0.2) is 59.7 Å². The Morgan fingerprint density at radius 3 is 2.52 bits per heavy atom. The van der Waals surface area contributed by atoms with Crippen molar-refractivity contribution < 1.29 is 14.3 Å². The van der Waals surface area contributed by atoms with Crippen LogP contribution in [0.1, 0.15) is 58.6 Å². The third kappa shape index (κ3) is 4.50. The van der Waals surface area contributed by atoms with E-state index in [0.29, 0.717) is 11.2 Å². The summed E-state index contributed by atoms with van der Waals surface area (Å²) < 4.78 is 7.83. The number of aromatic nitrogens is 3. The fraction of sp³-hybridized carbons (Fsp3) is 0.333. The van der Waals surface area contributed by atoms with Gasteiger partial charge in [0.1, 0.15) is 11.2 Å². The minimum atomic E-state index is -0.593. The van der Waals surface area contributed by atoms with Crippen molar-refractivity contribution in [3.63, 3.8) is 0 Å². The van der Waals surface area contributed by atoms with Crippen molar-refractivity contribution in [1.82, 2.24) is 14.3 Å². The summed E-state index contributed by atoms with van der Waals surface area (Å²) >= 11 is 0. The Bertz CT molecular complexity index is 1160. The van der Waals surface area contributed by atoms with E-state index in [1.165, 1.54) is 24.3 Å².